The molecule has 0 fully saturated rings. The Balaban J connectivity index is 2.12. The Kier molecular flexibility index (Phi) is 8.64. The van der Waals surface area contributed by atoms with Gasteiger partial charge in [-0.3, -0.25) is 13.9 Å². The first-order valence-corrected chi connectivity index (χ1v) is 11.0. The summed E-state index contributed by atoms with van der Waals surface area (Å²) >= 11 is 6.03. The molecule has 1 N–H and O–H groups in total. The lowest BCUT2D eigenvalue weighted by Crippen LogP contribution is -2.44. The van der Waals surface area contributed by atoms with Crippen LogP contribution in [-0.2, 0) is 24.9 Å². The van der Waals surface area contributed by atoms with Crippen LogP contribution in [0, 0.1) is 6.92 Å². The van der Waals surface area contributed by atoms with E-state index in [4.69, 9.17) is 26.3 Å². The molecule has 0 aliphatic rings. The normalized spacial score (nSPS) is 10.8. The molecular weight excluding hydrogens is 460 g/mol. The summed E-state index contributed by atoms with van der Waals surface area (Å²) in [6.45, 7) is 5.68. The standard InChI is InChI=1S/C24H27ClN4O5/c1-17-5-4-6-20(15-17)34-29(16-18-7-9-19(25)10-8-18)21-22(26-2)27(3)24(32)28(23(21)31)11-13-33-14-12-30/h4-10,15,30H,2,11-14,16H2,1,3H3. The molecular formula is C24H27ClN4O5. The lowest BCUT2D eigenvalue weighted by Gasteiger charge is -2.26. The van der Waals surface area contributed by atoms with Gasteiger partial charge in [0.05, 0.1) is 32.9 Å². The van der Waals surface area contributed by atoms with E-state index in [9.17, 15) is 9.59 Å². The monoisotopic (exact) mass is 486 g/mol. The first-order valence-electron chi connectivity index (χ1n) is 10.6. The minimum atomic E-state index is -0.597. The second-order valence-corrected chi connectivity index (χ2v) is 7.97. The number of rotatable bonds is 11. The molecule has 0 atom stereocenters. The Morgan fingerprint density at radius 1 is 1.15 bits per heavy atom. The number of aliphatic hydroxyl groups excluding tert-OH is 1. The van der Waals surface area contributed by atoms with Gasteiger partial charge in [-0.2, -0.15) is 5.06 Å². The number of hydrogen-bond acceptors (Lipinski definition) is 7. The summed E-state index contributed by atoms with van der Waals surface area (Å²) in [5, 5.41) is 10.9. The van der Waals surface area contributed by atoms with Crippen molar-refractivity contribution < 1.29 is 14.7 Å². The van der Waals surface area contributed by atoms with E-state index >= 15 is 0 Å². The van der Waals surface area contributed by atoms with Crippen molar-refractivity contribution in [1.82, 2.24) is 9.13 Å². The van der Waals surface area contributed by atoms with Crippen LogP contribution >= 0.6 is 11.6 Å². The highest BCUT2D eigenvalue weighted by atomic mass is 35.5. The summed E-state index contributed by atoms with van der Waals surface area (Å²) in [6, 6.07) is 14.5. The smallest absolute Gasteiger partial charge is 0.332 e. The summed E-state index contributed by atoms with van der Waals surface area (Å²) in [5.41, 5.74) is 0.684. The van der Waals surface area contributed by atoms with Gasteiger partial charge in [0.25, 0.3) is 5.56 Å². The Morgan fingerprint density at radius 3 is 2.53 bits per heavy atom. The second-order valence-electron chi connectivity index (χ2n) is 7.54. The molecule has 0 aliphatic heterocycles. The zero-order valence-corrected chi connectivity index (χ0v) is 19.9. The summed E-state index contributed by atoms with van der Waals surface area (Å²) in [7, 11) is 1.51. The lowest BCUT2D eigenvalue weighted by atomic mass is 10.2. The minimum absolute atomic E-state index is 0.00480. The molecule has 9 nitrogen and oxygen atoms in total. The Hall–Kier alpha value is -3.40. The molecule has 180 valence electrons. The molecule has 3 rings (SSSR count). The van der Waals surface area contributed by atoms with Crippen molar-refractivity contribution in [2.75, 3.05) is 24.9 Å². The first-order chi connectivity index (χ1) is 16.3. The molecule has 0 aliphatic carbocycles. The zero-order valence-electron chi connectivity index (χ0n) is 19.1. The fourth-order valence-corrected chi connectivity index (χ4v) is 3.50. The van der Waals surface area contributed by atoms with Gasteiger partial charge in [-0.05, 0) is 49.0 Å². The minimum Gasteiger partial charge on any atom is -0.394 e. The average Bonchev–Trinajstić information content (AvgIpc) is 2.82. The van der Waals surface area contributed by atoms with Crippen LogP contribution in [-0.4, -0.2) is 40.8 Å². The maximum Gasteiger partial charge on any atom is 0.332 e. The van der Waals surface area contributed by atoms with Crippen molar-refractivity contribution in [2.45, 2.75) is 20.0 Å². The molecule has 0 radical (unpaired) electrons. The van der Waals surface area contributed by atoms with Gasteiger partial charge in [-0.15, -0.1) is 0 Å². The van der Waals surface area contributed by atoms with Gasteiger partial charge < -0.3 is 14.7 Å². The number of anilines is 1. The van der Waals surface area contributed by atoms with Crippen molar-refractivity contribution in [3.8, 4) is 5.75 Å². The van der Waals surface area contributed by atoms with Crippen LogP contribution in [0.1, 0.15) is 11.1 Å². The zero-order chi connectivity index (χ0) is 24.7. The molecule has 0 unspecified atom stereocenters. The number of nitrogens with zero attached hydrogens (tertiary/aromatic N) is 4. The van der Waals surface area contributed by atoms with Crippen molar-refractivity contribution >= 4 is 29.8 Å². The highest BCUT2D eigenvalue weighted by Gasteiger charge is 2.24. The van der Waals surface area contributed by atoms with Gasteiger partial charge in [0.15, 0.2) is 17.3 Å². The predicted octanol–water partition coefficient (Wildman–Crippen LogP) is 2.85. The summed E-state index contributed by atoms with van der Waals surface area (Å²) in [6.07, 6.45) is 0. The molecule has 0 saturated heterocycles. The first kappa shape index (κ1) is 25.2. The van der Waals surface area contributed by atoms with Gasteiger partial charge >= 0.3 is 5.69 Å². The Morgan fingerprint density at radius 2 is 1.88 bits per heavy atom. The quantitative estimate of drug-likeness (QED) is 0.254. The third-order valence-electron chi connectivity index (χ3n) is 5.03. The molecule has 1 heterocycles. The highest BCUT2D eigenvalue weighted by Crippen LogP contribution is 2.27. The second kappa shape index (κ2) is 11.6. The fourth-order valence-electron chi connectivity index (χ4n) is 3.37. The molecule has 10 heteroatoms. The summed E-state index contributed by atoms with van der Waals surface area (Å²) < 4.78 is 7.55. The van der Waals surface area contributed by atoms with Gasteiger partial charge in [0.2, 0.25) is 0 Å². The number of halogens is 1. The summed E-state index contributed by atoms with van der Waals surface area (Å²) in [4.78, 5) is 36.5. The van der Waals surface area contributed by atoms with Crippen molar-refractivity contribution in [3.05, 3.63) is 85.5 Å². The highest BCUT2D eigenvalue weighted by molar-refractivity contribution is 6.30. The molecule has 0 saturated carbocycles. The van der Waals surface area contributed by atoms with E-state index < -0.39 is 11.2 Å². The van der Waals surface area contributed by atoms with E-state index in [1.807, 2.05) is 37.3 Å². The van der Waals surface area contributed by atoms with Crippen LogP contribution in [0.3, 0.4) is 0 Å². The SMILES string of the molecule is C=Nc1c(N(Cc2ccc(Cl)cc2)Oc2cccc(C)c2)c(=O)n(CCOCCO)c(=O)n1C. The van der Waals surface area contributed by atoms with Crippen LogP contribution in [0.2, 0.25) is 5.02 Å². The molecule has 3 aromatic rings. The van der Waals surface area contributed by atoms with E-state index in [0.29, 0.717) is 10.8 Å². The maximum absolute atomic E-state index is 13.5. The molecule has 0 spiro atoms. The van der Waals surface area contributed by atoms with Crippen LogP contribution in [0.25, 0.3) is 0 Å². The number of ether oxygens (including phenoxy) is 1. The molecule has 2 aromatic carbocycles. The Bertz CT molecular complexity index is 1250. The van der Waals surface area contributed by atoms with Crippen LogP contribution in [0.15, 0.2) is 63.1 Å². The maximum atomic E-state index is 13.5. The molecule has 0 bridgehead atoms. The number of aliphatic hydroxyl groups is 1. The van der Waals surface area contributed by atoms with Gasteiger partial charge in [-0.1, -0.05) is 35.9 Å². The number of hydrogen-bond donors (Lipinski definition) is 1. The van der Waals surface area contributed by atoms with E-state index in [1.54, 1.807) is 18.2 Å². The number of aromatic nitrogens is 2. The van der Waals surface area contributed by atoms with Crippen LogP contribution in [0.4, 0.5) is 11.5 Å². The Labute approximate surface area is 202 Å². The molecule has 0 amide bonds. The largest absolute Gasteiger partial charge is 0.394 e. The predicted molar refractivity (Wildman–Crippen MR) is 132 cm³/mol. The molecule has 1 aromatic heterocycles. The fraction of sp³-hybridized carbons (Fsp3) is 0.292. The third-order valence-corrected chi connectivity index (χ3v) is 5.29. The van der Waals surface area contributed by atoms with E-state index in [1.165, 1.54) is 16.7 Å². The van der Waals surface area contributed by atoms with E-state index in [2.05, 4.69) is 11.7 Å². The summed E-state index contributed by atoms with van der Waals surface area (Å²) in [5.74, 6) is 0.583. The van der Waals surface area contributed by atoms with Crippen LogP contribution in [0.5, 0.6) is 5.75 Å². The average molecular weight is 487 g/mol. The van der Waals surface area contributed by atoms with Gasteiger partial charge in [-0.25, -0.2) is 9.79 Å². The number of aryl methyl sites for hydroxylation is 1. The lowest BCUT2D eigenvalue weighted by molar-refractivity contribution is 0.0857. The number of hydroxylamine groups is 1. The third kappa shape index (κ3) is 5.93. The van der Waals surface area contributed by atoms with Crippen molar-refractivity contribution in [1.29, 1.82) is 0 Å². The number of benzene rings is 2. The molecule has 34 heavy (non-hydrogen) atoms. The van der Waals surface area contributed by atoms with Crippen LogP contribution < -0.4 is 21.1 Å². The number of aliphatic imine (C=N–C) groups is 1. The van der Waals surface area contributed by atoms with Crippen molar-refractivity contribution in [3.63, 3.8) is 0 Å². The van der Waals surface area contributed by atoms with Gasteiger partial charge in [0.1, 0.15) is 0 Å². The van der Waals surface area contributed by atoms with E-state index in [-0.39, 0.29) is 44.4 Å². The van der Waals surface area contributed by atoms with Crippen molar-refractivity contribution in [2.24, 2.45) is 12.0 Å². The van der Waals surface area contributed by atoms with E-state index in [0.717, 1.165) is 15.7 Å². The van der Waals surface area contributed by atoms with Gasteiger partial charge in [0, 0.05) is 12.1 Å². The topological polar surface area (TPSA) is 98.3 Å².